The van der Waals surface area contributed by atoms with E-state index >= 15 is 4.79 Å². The number of amides is 1. The van der Waals surface area contributed by atoms with E-state index in [1.807, 2.05) is 26.8 Å². The van der Waals surface area contributed by atoms with E-state index < -0.39 is 173 Å². The van der Waals surface area contributed by atoms with Crippen LogP contribution < -0.4 is 5.32 Å². The molecule has 3 saturated carbocycles. The van der Waals surface area contributed by atoms with E-state index in [1.165, 1.54) is 14.0 Å². The molecule has 4 saturated heterocycles. The van der Waals surface area contributed by atoms with Crippen LogP contribution in [0.3, 0.4) is 0 Å². The van der Waals surface area contributed by atoms with E-state index in [0.717, 1.165) is 12.7 Å². The molecule has 85 heavy (non-hydrogen) atoms. The predicted molar refractivity (Wildman–Crippen MR) is 304 cm³/mol. The fourth-order valence-electron chi connectivity index (χ4n) is 16.7. The topological polar surface area (TPSA) is 320 Å². The second-order valence-electron chi connectivity index (χ2n) is 27.2. The van der Waals surface area contributed by atoms with E-state index in [-0.39, 0.29) is 80.5 Å². The van der Waals surface area contributed by atoms with Crippen LogP contribution in [0.4, 0.5) is 4.79 Å². The largest absolute Gasteiger partial charge is 0.511 e. The molecule has 4 heterocycles. The maximum Gasteiger partial charge on any atom is 0.407 e. The summed E-state index contributed by atoms with van der Waals surface area (Å²) in [6.07, 6.45) is -7.97. The maximum absolute atomic E-state index is 15.6. The number of allylic oxidation sites excluding steroid dienone is 2. The van der Waals surface area contributed by atoms with Gasteiger partial charge in [0.1, 0.15) is 35.7 Å². The summed E-state index contributed by atoms with van der Waals surface area (Å²) in [5.74, 6) is -5.04. The molecular weight excluding hydrogens is 1110 g/mol. The molecule has 23 heteroatoms. The number of hydrogen-bond donors (Lipinski definition) is 7. The molecule has 27 atom stereocenters. The Morgan fingerprint density at radius 3 is 2.06 bits per heavy atom. The number of alkyl carbamates (subject to hydrolysis) is 1. The van der Waals surface area contributed by atoms with E-state index in [2.05, 4.69) is 19.2 Å². The van der Waals surface area contributed by atoms with Gasteiger partial charge in [-0.15, -0.1) is 0 Å². The second-order valence-corrected chi connectivity index (χ2v) is 27.2. The third-order valence-corrected chi connectivity index (χ3v) is 21.1. The quantitative estimate of drug-likeness (QED) is 0.0229. The Bertz CT molecular complexity index is 2470. The minimum Gasteiger partial charge on any atom is -0.511 e. The van der Waals surface area contributed by atoms with E-state index in [4.69, 9.17) is 47.4 Å². The molecule has 7 N–H and O–H groups in total. The minimum atomic E-state index is -1.94. The summed E-state index contributed by atoms with van der Waals surface area (Å²) in [7, 11) is 2.66. The number of carbonyl (C=O) groups excluding carboxylic acids is 3. The van der Waals surface area contributed by atoms with Crippen LogP contribution in [-0.4, -0.2) is 184 Å². The number of esters is 1. The van der Waals surface area contributed by atoms with Gasteiger partial charge >= 0.3 is 12.1 Å². The number of ketones is 1. The maximum atomic E-state index is 15.6. The Morgan fingerprint density at radius 2 is 1.46 bits per heavy atom. The highest BCUT2D eigenvalue weighted by molar-refractivity contribution is 6.26. The summed E-state index contributed by atoms with van der Waals surface area (Å²) in [6, 6.07) is -1.09. The number of methoxy groups -OCH3 is 2. The molecule has 0 radical (unpaired) electrons. The third-order valence-electron chi connectivity index (χ3n) is 21.1. The number of fused-ring (bicyclic) bond motifs is 4. The normalized spacial score (nSPS) is 46.2. The van der Waals surface area contributed by atoms with Crippen molar-refractivity contribution in [2.24, 2.45) is 58.7 Å². The zero-order valence-electron chi connectivity index (χ0n) is 52.1. The highest BCUT2D eigenvalue weighted by Crippen LogP contribution is 2.63. The molecule has 4 aliphatic carbocycles. The first-order valence-corrected chi connectivity index (χ1v) is 30.9. The fourth-order valence-corrected chi connectivity index (χ4v) is 16.7. The van der Waals surface area contributed by atoms with Gasteiger partial charge in [-0.2, -0.15) is 0 Å². The van der Waals surface area contributed by atoms with Crippen molar-refractivity contribution in [2.75, 3.05) is 20.8 Å². The van der Waals surface area contributed by atoms with E-state index in [1.54, 1.807) is 47.6 Å². The van der Waals surface area contributed by atoms with Gasteiger partial charge in [-0.05, 0) is 126 Å². The Kier molecular flexibility index (Phi) is 21.2. The number of nitrogens with zero attached hydrogens (tertiary/aromatic N) is 1. The van der Waals surface area contributed by atoms with Crippen molar-refractivity contribution in [3.63, 3.8) is 0 Å². The van der Waals surface area contributed by atoms with Gasteiger partial charge in [0.25, 0.3) is 0 Å². The molecular formula is C62H98N2O21. The second kappa shape index (κ2) is 26.8. The van der Waals surface area contributed by atoms with Gasteiger partial charge in [0.2, 0.25) is 11.3 Å². The molecule has 0 aromatic heterocycles. The number of ether oxygens (including phenoxy) is 10. The van der Waals surface area contributed by atoms with Crippen molar-refractivity contribution in [3.05, 3.63) is 44.7 Å². The standard InChI is InChI=1S/C62H98N2O21/c1-28(2)55(63-59(73)77-14)60(11,64(74)75)26-45(68)81-43-18-15-29(3)40-17-16-39-50(61(40,12)56(70)49-57(71)62(85-58(49)72)25-33(7)37(27-65)21-38(62)20-30(43)4)31(5)19-32(6)52(39)83-48-24-44(51(69)34(8)78-48)82-46-23-42(67)54(36(10)80-46)84-47-22-41(66)53(76-13)35(9)79-47/h15,20,28,31-48,50-55,65-70H,16-19,21-27H2,1-14H3,(H,63,73)/b29-15+,30-20+,56-49-/t31-,32-,33+,34?,35?,36?,37?,38+,39-,40-,41?,42?,43-,44?,45?,46?,47?,48?,50+,51?,52-,53?,54?,55?,60?,61+,62-/m0/s1. The molecule has 0 aromatic carbocycles. The Labute approximate surface area is 499 Å². The first kappa shape index (κ1) is 67.2. The molecule has 7 fully saturated rings. The SMILES string of the molecule is COC(=O)NC(C(C)C)C(C)(CC(O)O[C@H]1C/C=C(\C)[C@@H]2CC[C@@H]3[C@@H](OC4CC(OC5CC(O)C(OC6CC(O)C(OC)C(C)O6)C(C)O5)C(O)C(C)O4)[C@@H](C)C[C@H](C)[C@H]3[C@]2(C)/C(O)=C2/C(=O)O[C@]3(C[C@@H](C)C(CO)C[C@H]3/C=C/1C)C2=O)[N+](=O)[O-]. The van der Waals surface area contributed by atoms with E-state index in [0.29, 0.717) is 24.8 Å². The summed E-state index contributed by atoms with van der Waals surface area (Å²) >= 11 is 0. The molecule has 4 aliphatic heterocycles. The van der Waals surface area contributed by atoms with Crippen molar-refractivity contribution in [1.29, 1.82) is 0 Å². The number of aliphatic hydroxyl groups is 6. The van der Waals surface area contributed by atoms with Crippen LogP contribution >= 0.6 is 0 Å². The van der Waals surface area contributed by atoms with Crippen LogP contribution in [0.2, 0.25) is 0 Å². The molecule has 23 nitrogen and oxygen atoms in total. The number of Topliss-reactive ketones (excluding diaryl/α,β-unsaturated/α-hetero) is 1. The molecule has 1 amide bonds. The van der Waals surface area contributed by atoms with Gasteiger partial charge in [0.05, 0.1) is 62.4 Å². The third kappa shape index (κ3) is 13.2. The zero-order valence-corrected chi connectivity index (χ0v) is 52.1. The van der Waals surface area contributed by atoms with Crippen molar-refractivity contribution < 1.29 is 97.3 Å². The predicted octanol–water partition coefficient (Wildman–Crippen LogP) is 6.11. The number of rotatable bonds is 16. The van der Waals surface area contributed by atoms with Crippen LogP contribution in [0.1, 0.15) is 147 Å². The van der Waals surface area contributed by atoms with Crippen LogP contribution in [0.15, 0.2) is 34.6 Å². The monoisotopic (exact) mass is 1210 g/mol. The number of carbonyl (C=O) groups is 3. The first-order chi connectivity index (χ1) is 39.9. The number of aliphatic hydroxyl groups excluding tert-OH is 6. The Morgan fingerprint density at radius 1 is 0.847 bits per heavy atom. The lowest BCUT2D eigenvalue weighted by molar-refractivity contribution is -0.576. The molecule has 8 aliphatic rings. The van der Waals surface area contributed by atoms with Gasteiger partial charge in [-0.3, -0.25) is 14.9 Å². The Balaban J connectivity index is 1.08. The molecule has 8 rings (SSSR count). The van der Waals surface area contributed by atoms with Crippen molar-refractivity contribution in [3.8, 4) is 0 Å². The average molecular weight is 1210 g/mol. The average Bonchev–Trinajstić information content (AvgIpc) is 1.76. The highest BCUT2D eigenvalue weighted by atomic mass is 16.7. The lowest BCUT2D eigenvalue weighted by atomic mass is 9.47. The van der Waals surface area contributed by atoms with Crippen molar-refractivity contribution in [2.45, 2.75) is 257 Å². The van der Waals surface area contributed by atoms with Gasteiger partial charge in [0.15, 0.2) is 30.8 Å². The summed E-state index contributed by atoms with van der Waals surface area (Å²) in [4.78, 5) is 55.2. The fraction of sp³-hybridized carbons (Fsp3) is 0.855. The van der Waals surface area contributed by atoms with Crippen molar-refractivity contribution >= 4 is 17.8 Å². The summed E-state index contributed by atoms with van der Waals surface area (Å²) in [6.45, 7) is 21.6. The van der Waals surface area contributed by atoms with Crippen LogP contribution in [0, 0.1) is 68.8 Å². The van der Waals surface area contributed by atoms with E-state index in [9.17, 15) is 50.3 Å². The van der Waals surface area contributed by atoms with Gasteiger partial charge in [-0.1, -0.05) is 59.3 Å². The molecule has 0 aromatic rings. The summed E-state index contributed by atoms with van der Waals surface area (Å²) in [5.41, 5.74) is -4.02. The molecule has 16 unspecified atom stereocenters. The highest BCUT2D eigenvalue weighted by Gasteiger charge is 2.65. The van der Waals surface area contributed by atoms with Crippen LogP contribution in [0.25, 0.3) is 0 Å². The smallest absolute Gasteiger partial charge is 0.407 e. The summed E-state index contributed by atoms with van der Waals surface area (Å²) < 4.78 is 61.5. The first-order valence-electron chi connectivity index (χ1n) is 30.9. The van der Waals surface area contributed by atoms with Gasteiger partial charge < -0.3 is 83.3 Å². The lowest BCUT2D eigenvalue weighted by Gasteiger charge is -2.59. The van der Waals surface area contributed by atoms with Crippen LogP contribution in [0.5, 0.6) is 0 Å². The van der Waals surface area contributed by atoms with Gasteiger partial charge in [0, 0.05) is 56.2 Å². The molecule has 1 spiro atoms. The minimum absolute atomic E-state index is 0.0180. The molecule has 482 valence electrons. The zero-order chi connectivity index (χ0) is 62.5. The number of nitrogens with one attached hydrogen (secondary N) is 1. The summed E-state index contributed by atoms with van der Waals surface area (Å²) in [5, 5.41) is 85.0. The number of hydrogen-bond acceptors (Lipinski definition) is 21. The van der Waals surface area contributed by atoms with Crippen molar-refractivity contribution in [1.82, 2.24) is 5.32 Å². The number of nitro groups is 1. The van der Waals surface area contributed by atoms with Crippen LogP contribution in [-0.2, 0) is 57.0 Å². The van der Waals surface area contributed by atoms with Gasteiger partial charge in [-0.25, -0.2) is 9.59 Å². The molecule has 2 bridgehead atoms. The lowest BCUT2D eigenvalue weighted by Crippen LogP contribution is -2.59. The Hall–Kier alpha value is -3.69.